The van der Waals surface area contributed by atoms with Crippen LogP contribution in [0, 0.1) is 11.3 Å². The molecule has 5 rings (SSSR count). The van der Waals surface area contributed by atoms with Gasteiger partial charge >= 0.3 is 0 Å². The molecule has 2 N–H and O–H groups in total. The second-order valence-corrected chi connectivity index (χ2v) is 11.7. The van der Waals surface area contributed by atoms with Crippen LogP contribution in [0.5, 0.6) is 5.75 Å². The first-order valence-corrected chi connectivity index (χ1v) is 12.8. The number of benzene rings is 3. The summed E-state index contributed by atoms with van der Waals surface area (Å²) in [6, 6.07) is 21.3. The maximum atomic E-state index is 13.8. The van der Waals surface area contributed by atoms with Crippen molar-refractivity contribution in [2.75, 3.05) is 10.2 Å². The highest BCUT2D eigenvalue weighted by molar-refractivity contribution is 6.25. The Morgan fingerprint density at radius 2 is 1.74 bits per heavy atom. The van der Waals surface area contributed by atoms with Crippen LogP contribution < -0.4 is 10.2 Å². The zero-order valence-electron chi connectivity index (χ0n) is 20.7. The van der Waals surface area contributed by atoms with Crippen LogP contribution in [0.4, 0.5) is 11.4 Å². The molecule has 0 bridgehead atoms. The van der Waals surface area contributed by atoms with Crippen molar-refractivity contribution in [3.8, 4) is 11.8 Å². The lowest BCUT2D eigenvalue weighted by Gasteiger charge is -2.42. The van der Waals surface area contributed by atoms with E-state index in [-0.39, 0.29) is 28.7 Å². The molecular weight excluding hydrogens is 498 g/mol. The number of phenolic OH excluding ortho intramolecular Hbond substituents is 1. The molecule has 1 aromatic heterocycles. The van der Waals surface area contributed by atoms with Gasteiger partial charge in [-0.3, -0.25) is 19.1 Å². The molecule has 1 aliphatic heterocycles. The summed E-state index contributed by atoms with van der Waals surface area (Å²) in [7, 11) is 0.616. The predicted molar refractivity (Wildman–Crippen MR) is 144 cm³/mol. The van der Waals surface area contributed by atoms with Gasteiger partial charge in [-0.1, -0.05) is 6.07 Å². The van der Waals surface area contributed by atoms with E-state index in [2.05, 4.69) is 10.4 Å². The zero-order valence-corrected chi connectivity index (χ0v) is 22.7. The number of hydrogen-bond donors (Lipinski definition) is 2. The third kappa shape index (κ3) is 4.47. The summed E-state index contributed by atoms with van der Waals surface area (Å²) in [6.07, 6.45) is 1.39. The van der Waals surface area contributed by atoms with Gasteiger partial charge in [-0.15, -0.1) is 0 Å². The second kappa shape index (κ2) is 9.46. The van der Waals surface area contributed by atoms with E-state index < -0.39 is 11.1 Å². The number of nitrogens with zero attached hydrogens (tertiary/aromatic N) is 4. The molecule has 0 fully saturated rings. The first-order chi connectivity index (χ1) is 18.2. The molecule has 0 saturated heterocycles. The second-order valence-electron chi connectivity index (χ2n) is 9.59. The van der Waals surface area contributed by atoms with Crippen LogP contribution in [0.15, 0.2) is 79.0 Å². The first kappa shape index (κ1) is 24.7. The quantitative estimate of drug-likeness (QED) is 0.307. The number of anilines is 2. The van der Waals surface area contributed by atoms with Crippen LogP contribution in [0.25, 0.3) is 0 Å². The summed E-state index contributed by atoms with van der Waals surface area (Å²) >= 11 is 0. The number of nitriles is 1. The number of phenols is 1. The summed E-state index contributed by atoms with van der Waals surface area (Å²) in [5.41, 5.74) is 2.66. The number of rotatable bonds is 5. The molecule has 0 spiro atoms. The monoisotopic (exact) mass is 521 g/mol. The fraction of sp³-hybridized carbons (Fsp3) is 0.107. The van der Waals surface area contributed by atoms with Crippen molar-refractivity contribution in [1.29, 1.82) is 5.26 Å². The maximum absolute atomic E-state index is 13.8. The molecule has 4 aromatic rings. The molecule has 38 heavy (non-hydrogen) atoms. The highest BCUT2D eigenvalue weighted by atomic mass is 28.1. The largest absolute Gasteiger partial charge is 0.508 e. The maximum Gasteiger partial charge on any atom is 0.277 e. The molecule has 0 saturated carbocycles. The van der Waals surface area contributed by atoms with E-state index >= 15 is 0 Å². The number of carbonyl (C=O) groups is 3. The summed E-state index contributed by atoms with van der Waals surface area (Å²) in [6.45, 7) is 2.37. The molecule has 0 radical (unpaired) electrons. The summed E-state index contributed by atoms with van der Waals surface area (Å²) < 4.78 is 1.56. The molecule has 0 unspecified atom stereocenters. The number of carbonyl (C=O) groups excluding carboxylic acids is 3. The van der Waals surface area contributed by atoms with Crippen molar-refractivity contribution in [2.45, 2.75) is 18.6 Å². The van der Waals surface area contributed by atoms with Gasteiger partial charge in [0.05, 0.1) is 29.9 Å². The lowest BCUT2D eigenvalue weighted by molar-refractivity contribution is 0.0924. The van der Waals surface area contributed by atoms with Crippen LogP contribution in [0.2, 0.25) is 0 Å². The Labute approximate surface area is 221 Å². The highest BCUT2D eigenvalue weighted by Crippen LogP contribution is 2.32. The average Bonchev–Trinajstić information content (AvgIpc) is 3.32. The summed E-state index contributed by atoms with van der Waals surface area (Å²) in [4.78, 5) is 41.4. The molecule has 2 heterocycles. The molecular formula is C28H23N5O4Si. The predicted octanol–water partition coefficient (Wildman–Crippen LogP) is 2.69. The average molecular weight is 522 g/mol. The Hall–Kier alpha value is -5.01. The van der Waals surface area contributed by atoms with Gasteiger partial charge < -0.3 is 15.3 Å². The number of hydrogen-bond acceptors (Lipinski definition) is 6. The number of aromatic nitrogens is 2. The van der Waals surface area contributed by atoms with Gasteiger partial charge in [0.2, 0.25) is 0 Å². The van der Waals surface area contributed by atoms with Gasteiger partial charge in [0, 0.05) is 37.9 Å². The van der Waals surface area contributed by atoms with Crippen LogP contribution >= 0.6 is 0 Å². The van der Waals surface area contributed by atoms with Gasteiger partial charge in [0.1, 0.15) is 11.4 Å². The van der Waals surface area contributed by atoms with Crippen molar-refractivity contribution in [1.82, 2.24) is 9.78 Å². The smallest absolute Gasteiger partial charge is 0.277 e. The number of nitrogens with one attached hydrogen (secondary N) is 1. The minimum Gasteiger partial charge on any atom is -0.508 e. The molecule has 3 aromatic carbocycles. The van der Waals surface area contributed by atoms with Gasteiger partial charge in [-0.25, -0.2) is 0 Å². The Morgan fingerprint density at radius 3 is 2.39 bits per heavy atom. The van der Waals surface area contributed by atoms with E-state index in [4.69, 9.17) is 5.26 Å². The van der Waals surface area contributed by atoms with Gasteiger partial charge in [0.25, 0.3) is 11.8 Å². The number of amides is 2. The standard InChI is InChI=1S/C28H23N5O4Si/c1-28(38)16-32-24(23(15-30-32)26(36)31-20-4-2-3-17(13-20)14-29)27(37)33(28)21-9-5-18(6-10-21)25(35)19-7-11-22(34)12-8-19/h2-13,15,34H,16H2,1,38H3,(H,31,36)/t28-/m0/s1. The molecule has 9 nitrogen and oxygen atoms in total. The summed E-state index contributed by atoms with van der Waals surface area (Å²) in [5, 5.41) is 25.1. The SMILES string of the molecule is C[C@]1([SiH3])Cn2ncc(C(=O)Nc3cccc(C#N)c3)c2C(=O)N1c1ccc(C(=O)c2ccc(O)cc2)cc1. The van der Waals surface area contributed by atoms with E-state index in [0.717, 1.165) is 0 Å². The Morgan fingerprint density at radius 1 is 1.08 bits per heavy atom. The van der Waals surface area contributed by atoms with Gasteiger partial charge in [0.15, 0.2) is 5.78 Å². The Bertz CT molecular complexity index is 1620. The molecule has 1 aliphatic rings. The normalized spacial score (nSPS) is 16.5. The van der Waals surface area contributed by atoms with Crippen LogP contribution in [0.1, 0.15) is 49.3 Å². The van der Waals surface area contributed by atoms with Crippen LogP contribution in [-0.2, 0) is 6.54 Å². The van der Waals surface area contributed by atoms with Crippen LogP contribution in [0.3, 0.4) is 0 Å². The fourth-order valence-electron chi connectivity index (χ4n) is 4.59. The summed E-state index contributed by atoms with van der Waals surface area (Å²) in [5.74, 6) is -0.983. The van der Waals surface area contributed by atoms with E-state index in [1.807, 2.05) is 13.0 Å². The number of fused-ring (bicyclic) bond motifs is 1. The van der Waals surface area contributed by atoms with E-state index in [1.54, 1.807) is 70.2 Å². The Balaban J connectivity index is 1.43. The number of ketones is 1. The fourth-order valence-corrected chi connectivity index (χ4v) is 5.35. The van der Waals surface area contributed by atoms with Crippen molar-refractivity contribution in [2.24, 2.45) is 0 Å². The lowest BCUT2D eigenvalue weighted by atomic mass is 10.0. The number of aromatic hydroxyl groups is 1. The van der Waals surface area contributed by atoms with Crippen molar-refractivity contribution in [3.63, 3.8) is 0 Å². The Kier molecular flexibility index (Phi) is 6.14. The third-order valence-electron chi connectivity index (χ3n) is 6.40. The third-order valence-corrected chi connectivity index (χ3v) is 7.16. The van der Waals surface area contributed by atoms with Crippen molar-refractivity contribution < 1.29 is 19.5 Å². The first-order valence-electron chi connectivity index (χ1n) is 11.8. The molecule has 0 aliphatic carbocycles. The minimum atomic E-state index is -0.534. The molecule has 2 amide bonds. The van der Waals surface area contributed by atoms with Crippen molar-refractivity contribution >= 4 is 39.2 Å². The van der Waals surface area contributed by atoms with Gasteiger partial charge in [-0.2, -0.15) is 10.4 Å². The van der Waals surface area contributed by atoms with E-state index in [9.17, 15) is 19.5 Å². The van der Waals surface area contributed by atoms with Crippen molar-refractivity contribution in [3.05, 3.63) is 107 Å². The lowest BCUT2D eigenvalue weighted by Crippen LogP contribution is -2.58. The molecule has 188 valence electrons. The van der Waals surface area contributed by atoms with E-state index in [0.29, 0.717) is 44.9 Å². The zero-order chi connectivity index (χ0) is 27.0. The van der Waals surface area contributed by atoms with E-state index in [1.165, 1.54) is 18.3 Å². The van der Waals surface area contributed by atoms with Crippen LogP contribution in [-0.4, -0.2) is 47.9 Å². The molecule has 10 heteroatoms. The topological polar surface area (TPSA) is 128 Å². The van der Waals surface area contributed by atoms with Gasteiger partial charge in [-0.05, 0) is 73.7 Å². The highest BCUT2D eigenvalue weighted by Gasteiger charge is 2.42. The molecule has 1 atom stereocenters. The minimum absolute atomic E-state index is 0.0786.